The summed E-state index contributed by atoms with van der Waals surface area (Å²) in [6.45, 7) is 3.47. The van der Waals surface area contributed by atoms with Crippen molar-refractivity contribution in [1.29, 1.82) is 0 Å². The SMILES string of the molecule is CCc1ccc(CN(C)C(=O)c2ccc(N3CCCC3=O)cc2)cc1. The Labute approximate surface area is 149 Å². The third-order valence-electron chi connectivity index (χ3n) is 4.70. The molecule has 1 aliphatic heterocycles. The molecule has 3 rings (SSSR count). The third-order valence-corrected chi connectivity index (χ3v) is 4.70. The zero-order valence-corrected chi connectivity index (χ0v) is 14.9. The fourth-order valence-electron chi connectivity index (χ4n) is 3.15. The Kier molecular flexibility index (Phi) is 5.17. The van der Waals surface area contributed by atoms with Gasteiger partial charge in [-0.2, -0.15) is 0 Å². The number of nitrogens with zero attached hydrogens (tertiary/aromatic N) is 2. The minimum atomic E-state index is -0.0149. The molecule has 130 valence electrons. The van der Waals surface area contributed by atoms with Gasteiger partial charge < -0.3 is 9.80 Å². The molecule has 0 N–H and O–H groups in total. The van der Waals surface area contributed by atoms with Crippen molar-refractivity contribution >= 4 is 17.5 Å². The molecule has 0 radical (unpaired) electrons. The van der Waals surface area contributed by atoms with Gasteiger partial charge in [0, 0.05) is 37.8 Å². The molecule has 0 atom stereocenters. The Bertz CT molecular complexity index is 750. The van der Waals surface area contributed by atoms with Crippen LogP contribution in [0.1, 0.15) is 41.3 Å². The van der Waals surface area contributed by atoms with Gasteiger partial charge in [-0.05, 0) is 48.2 Å². The van der Waals surface area contributed by atoms with Crippen molar-refractivity contribution in [2.75, 3.05) is 18.5 Å². The van der Waals surface area contributed by atoms with Crippen LogP contribution in [0.2, 0.25) is 0 Å². The lowest BCUT2D eigenvalue weighted by Gasteiger charge is -2.19. The fourth-order valence-corrected chi connectivity index (χ4v) is 3.15. The predicted molar refractivity (Wildman–Crippen MR) is 99.6 cm³/mol. The average Bonchev–Trinajstić information content (AvgIpc) is 3.08. The van der Waals surface area contributed by atoms with Gasteiger partial charge in [-0.15, -0.1) is 0 Å². The van der Waals surface area contributed by atoms with E-state index in [4.69, 9.17) is 0 Å². The van der Waals surface area contributed by atoms with E-state index < -0.39 is 0 Å². The Hall–Kier alpha value is -2.62. The normalized spacial score (nSPS) is 14.0. The van der Waals surface area contributed by atoms with E-state index in [1.54, 1.807) is 21.9 Å². The second-order valence-corrected chi connectivity index (χ2v) is 6.53. The van der Waals surface area contributed by atoms with Gasteiger partial charge in [0.1, 0.15) is 0 Å². The topological polar surface area (TPSA) is 40.6 Å². The fraction of sp³-hybridized carbons (Fsp3) is 0.333. The van der Waals surface area contributed by atoms with Crippen LogP contribution in [0.15, 0.2) is 48.5 Å². The minimum Gasteiger partial charge on any atom is -0.337 e. The van der Waals surface area contributed by atoms with E-state index in [0.29, 0.717) is 18.5 Å². The maximum absolute atomic E-state index is 12.6. The van der Waals surface area contributed by atoms with Gasteiger partial charge >= 0.3 is 0 Å². The highest BCUT2D eigenvalue weighted by molar-refractivity contribution is 5.97. The minimum absolute atomic E-state index is 0.0149. The molecule has 1 aliphatic rings. The number of carbonyl (C=O) groups is 2. The van der Waals surface area contributed by atoms with Crippen LogP contribution in [0.4, 0.5) is 5.69 Å². The molecule has 0 aromatic heterocycles. The predicted octanol–water partition coefficient (Wildman–Crippen LogP) is 3.65. The summed E-state index contributed by atoms with van der Waals surface area (Å²) in [5.41, 5.74) is 3.93. The summed E-state index contributed by atoms with van der Waals surface area (Å²) in [5, 5.41) is 0. The van der Waals surface area contributed by atoms with E-state index in [-0.39, 0.29) is 11.8 Å². The molecule has 0 bridgehead atoms. The van der Waals surface area contributed by atoms with Crippen LogP contribution in [0.3, 0.4) is 0 Å². The highest BCUT2D eigenvalue weighted by atomic mass is 16.2. The van der Waals surface area contributed by atoms with E-state index in [2.05, 4.69) is 31.2 Å². The summed E-state index contributed by atoms with van der Waals surface area (Å²) in [4.78, 5) is 27.9. The molecule has 4 nitrogen and oxygen atoms in total. The number of hydrogen-bond acceptors (Lipinski definition) is 2. The second kappa shape index (κ2) is 7.51. The van der Waals surface area contributed by atoms with E-state index in [9.17, 15) is 9.59 Å². The maximum atomic E-state index is 12.6. The summed E-state index contributed by atoms with van der Waals surface area (Å²) >= 11 is 0. The van der Waals surface area contributed by atoms with Crippen molar-refractivity contribution in [2.24, 2.45) is 0 Å². The largest absolute Gasteiger partial charge is 0.337 e. The van der Waals surface area contributed by atoms with Gasteiger partial charge in [-0.1, -0.05) is 31.2 Å². The van der Waals surface area contributed by atoms with Gasteiger partial charge in [0.25, 0.3) is 5.91 Å². The van der Waals surface area contributed by atoms with E-state index in [1.807, 2.05) is 19.2 Å². The zero-order valence-electron chi connectivity index (χ0n) is 14.9. The van der Waals surface area contributed by atoms with Crippen molar-refractivity contribution in [3.05, 3.63) is 65.2 Å². The van der Waals surface area contributed by atoms with Crippen molar-refractivity contribution in [1.82, 2.24) is 4.90 Å². The molecule has 1 fully saturated rings. The molecule has 0 saturated carbocycles. The van der Waals surface area contributed by atoms with Crippen LogP contribution < -0.4 is 4.90 Å². The average molecular weight is 336 g/mol. The number of rotatable bonds is 5. The lowest BCUT2D eigenvalue weighted by atomic mass is 10.1. The molecule has 0 aliphatic carbocycles. The molecule has 0 unspecified atom stereocenters. The summed E-state index contributed by atoms with van der Waals surface area (Å²) in [6, 6.07) is 15.7. The molecule has 25 heavy (non-hydrogen) atoms. The highest BCUT2D eigenvalue weighted by Crippen LogP contribution is 2.22. The molecule has 1 saturated heterocycles. The van der Waals surface area contributed by atoms with Crippen LogP contribution in [-0.2, 0) is 17.8 Å². The van der Waals surface area contributed by atoms with Crippen LogP contribution >= 0.6 is 0 Å². The first-order valence-electron chi connectivity index (χ1n) is 8.82. The number of carbonyl (C=O) groups excluding carboxylic acids is 2. The summed E-state index contributed by atoms with van der Waals surface area (Å²) in [6.07, 6.45) is 2.53. The van der Waals surface area contributed by atoms with Crippen LogP contribution in [0.25, 0.3) is 0 Å². The van der Waals surface area contributed by atoms with E-state index >= 15 is 0 Å². The number of anilines is 1. The van der Waals surface area contributed by atoms with Crippen LogP contribution in [0, 0.1) is 0 Å². The van der Waals surface area contributed by atoms with E-state index in [1.165, 1.54) is 5.56 Å². The van der Waals surface area contributed by atoms with Crippen molar-refractivity contribution < 1.29 is 9.59 Å². The van der Waals surface area contributed by atoms with Crippen molar-refractivity contribution in [3.63, 3.8) is 0 Å². The lowest BCUT2D eigenvalue weighted by molar-refractivity contribution is -0.117. The number of benzene rings is 2. The summed E-state index contributed by atoms with van der Waals surface area (Å²) in [7, 11) is 1.81. The molecule has 4 heteroatoms. The van der Waals surface area contributed by atoms with Crippen molar-refractivity contribution in [2.45, 2.75) is 32.7 Å². The van der Waals surface area contributed by atoms with Crippen molar-refractivity contribution in [3.8, 4) is 0 Å². The first-order chi connectivity index (χ1) is 12.1. The number of amides is 2. The van der Waals surface area contributed by atoms with Crippen LogP contribution in [-0.4, -0.2) is 30.3 Å². The summed E-state index contributed by atoms with van der Waals surface area (Å²) in [5.74, 6) is 0.144. The molecule has 1 heterocycles. The molecule has 0 spiro atoms. The summed E-state index contributed by atoms with van der Waals surface area (Å²) < 4.78 is 0. The lowest BCUT2D eigenvalue weighted by Crippen LogP contribution is -2.26. The van der Waals surface area contributed by atoms with E-state index in [0.717, 1.165) is 30.6 Å². The molecule has 2 amide bonds. The monoisotopic (exact) mass is 336 g/mol. The van der Waals surface area contributed by atoms with Gasteiger partial charge in [0.2, 0.25) is 5.91 Å². The van der Waals surface area contributed by atoms with Gasteiger partial charge in [0.05, 0.1) is 0 Å². The van der Waals surface area contributed by atoms with Gasteiger partial charge in [-0.3, -0.25) is 9.59 Å². The first-order valence-corrected chi connectivity index (χ1v) is 8.82. The van der Waals surface area contributed by atoms with Gasteiger partial charge in [0.15, 0.2) is 0 Å². The first kappa shape index (κ1) is 17.2. The molecule has 2 aromatic rings. The smallest absolute Gasteiger partial charge is 0.253 e. The Morgan fingerprint density at radius 3 is 2.24 bits per heavy atom. The standard InChI is InChI=1S/C21H24N2O2/c1-3-16-6-8-17(9-7-16)15-22(2)21(25)18-10-12-19(13-11-18)23-14-4-5-20(23)24/h6-13H,3-5,14-15H2,1-2H3. The third kappa shape index (κ3) is 3.90. The van der Waals surface area contributed by atoms with Crippen LogP contribution in [0.5, 0.6) is 0 Å². The maximum Gasteiger partial charge on any atom is 0.253 e. The number of aryl methyl sites for hydroxylation is 1. The highest BCUT2D eigenvalue weighted by Gasteiger charge is 2.22. The molecular formula is C21H24N2O2. The Morgan fingerprint density at radius 1 is 1.04 bits per heavy atom. The Balaban J connectivity index is 1.66. The number of hydrogen-bond donors (Lipinski definition) is 0. The molecule has 2 aromatic carbocycles. The quantitative estimate of drug-likeness (QED) is 0.836. The molecular weight excluding hydrogens is 312 g/mol. The zero-order chi connectivity index (χ0) is 17.8. The van der Waals surface area contributed by atoms with Gasteiger partial charge in [-0.25, -0.2) is 0 Å². The Morgan fingerprint density at radius 2 is 1.68 bits per heavy atom. The second-order valence-electron chi connectivity index (χ2n) is 6.53.